The predicted molar refractivity (Wildman–Crippen MR) is 100 cm³/mol. The largest absolute Gasteiger partial charge is 0.459 e. The molecule has 29 heavy (non-hydrogen) atoms. The smallest absolute Gasteiger partial charge is 0.338 e. The monoisotopic (exact) mass is 402 g/mol. The SMILES string of the molecule is CO[C@H]1O[C@H](COC(=O)c2ccccc2)[C@H](OC(=O)c2ccccc2)[C@H](O)[C@H]1O. The molecule has 154 valence electrons. The molecule has 1 aliphatic heterocycles. The molecule has 1 aliphatic rings. The van der Waals surface area contributed by atoms with E-state index in [9.17, 15) is 19.8 Å². The minimum absolute atomic E-state index is 0.267. The van der Waals surface area contributed by atoms with Gasteiger partial charge in [-0.1, -0.05) is 36.4 Å². The number of rotatable bonds is 6. The average molecular weight is 402 g/mol. The zero-order chi connectivity index (χ0) is 20.8. The van der Waals surface area contributed by atoms with Crippen LogP contribution in [0.1, 0.15) is 20.7 Å². The molecule has 5 atom stereocenters. The molecule has 8 heteroatoms. The van der Waals surface area contributed by atoms with Crippen LogP contribution in [0.3, 0.4) is 0 Å². The van der Waals surface area contributed by atoms with Gasteiger partial charge in [0.25, 0.3) is 0 Å². The first-order valence-corrected chi connectivity index (χ1v) is 9.04. The summed E-state index contributed by atoms with van der Waals surface area (Å²) in [6.07, 6.45) is -6.43. The van der Waals surface area contributed by atoms with Crippen molar-refractivity contribution in [3.8, 4) is 0 Å². The second kappa shape index (κ2) is 9.62. The maximum Gasteiger partial charge on any atom is 0.338 e. The first kappa shape index (κ1) is 20.9. The molecule has 0 unspecified atom stereocenters. The molecule has 1 heterocycles. The van der Waals surface area contributed by atoms with Crippen LogP contribution >= 0.6 is 0 Å². The predicted octanol–water partition coefficient (Wildman–Crippen LogP) is 1.16. The molecule has 2 aromatic carbocycles. The van der Waals surface area contributed by atoms with Crippen LogP contribution in [0, 0.1) is 0 Å². The number of hydrogen-bond donors (Lipinski definition) is 2. The van der Waals surface area contributed by atoms with Crippen molar-refractivity contribution in [1.82, 2.24) is 0 Å². The van der Waals surface area contributed by atoms with Crippen molar-refractivity contribution in [1.29, 1.82) is 0 Å². The fourth-order valence-electron chi connectivity index (χ4n) is 2.96. The zero-order valence-electron chi connectivity index (χ0n) is 15.7. The van der Waals surface area contributed by atoms with Gasteiger partial charge in [-0.3, -0.25) is 0 Å². The Morgan fingerprint density at radius 3 is 2.00 bits per heavy atom. The fraction of sp³-hybridized carbons (Fsp3) is 0.333. The van der Waals surface area contributed by atoms with Crippen LogP contribution in [-0.2, 0) is 18.9 Å². The number of esters is 2. The summed E-state index contributed by atoms with van der Waals surface area (Å²) in [5.74, 6) is -1.31. The summed E-state index contributed by atoms with van der Waals surface area (Å²) < 4.78 is 21.2. The Balaban J connectivity index is 1.73. The molecule has 1 saturated heterocycles. The van der Waals surface area contributed by atoms with Gasteiger partial charge < -0.3 is 29.2 Å². The molecule has 0 radical (unpaired) electrons. The van der Waals surface area contributed by atoms with Crippen molar-refractivity contribution in [2.24, 2.45) is 0 Å². The third-order valence-corrected chi connectivity index (χ3v) is 4.51. The lowest BCUT2D eigenvalue weighted by atomic mass is 9.99. The van der Waals surface area contributed by atoms with Crippen molar-refractivity contribution < 1.29 is 38.7 Å². The van der Waals surface area contributed by atoms with Crippen LogP contribution in [0.25, 0.3) is 0 Å². The highest BCUT2D eigenvalue weighted by atomic mass is 16.7. The van der Waals surface area contributed by atoms with Gasteiger partial charge in [0.2, 0.25) is 0 Å². The van der Waals surface area contributed by atoms with E-state index in [0.717, 1.165) is 0 Å². The minimum atomic E-state index is -1.50. The highest BCUT2D eigenvalue weighted by Gasteiger charge is 2.47. The number of hydrogen-bond acceptors (Lipinski definition) is 8. The van der Waals surface area contributed by atoms with E-state index in [1.165, 1.54) is 7.11 Å². The highest BCUT2D eigenvalue weighted by Crippen LogP contribution is 2.25. The van der Waals surface area contributed by atoms with Crippen LogP contribution in [-0.4, -0.2) is 66.6 Å². The van der Waals surface area contributed by atoms with Crippen molar-refractivity contribution in [2.75, 3.05) is 13.7 Å². The molecule has 0 spiro atoms. The van der Waals surface area contributed by atoms with E-state index in [-0.39, 0.29) is 12.2 Å². The van der Waals surface area contributed by atoms with Crippen molar-refractivity contribution >= 4 is 11.9 Å². The first-order chi connectivity index (χ1) is 14.0. The normalized spacial score (nSPS) is 26.5. The minimum Gasteiger partial charge on any atom is -0.459 e. The lowest BCUT2D eigenvalue weighted by Crippen LogP contribution is -2.60. The third kappa shape index (κ3) is 4.99. The molecular weight excluding hydrogens is 380 g/mol. The Hall–Kier alpha value is -2.78. The maximum atomic E-state index is 12.4. The van der Waals surface area contributed by atoms with Crippen LogP contribution in [0.4, 0.5) is 0 Å². The fourth-order valence-corrected chi connectivity index (χ4v) is 2.96. The van der Waals surface area contributed by atoms with Gasteiger partial charge in [0.1, 0.15) is 24.9 Å². The Morgan fingerprint density at radius 1 is 0.897 bits per heavy atom. The highest BCUT2D eigenvalue weighted by molar-refractivity contribution is 5.90. The first-order valence-electron chi connectivity index (χ1n) is 9.04. The molecule has 0 aliphatic carbocycles. The molecule has 2 aromatic rings. The summed E-state index contributed by atoms with van der Waals surface area (Å²) in [4.78, 5) is 24.6. The van der Waals surface area contributed by atoms with Gasteiger partial charge in [0, 0.05) is 7.11 Å². The van der Waals surface area contributed by atoms with Gasteiger partial charge in [0.15, 0.2) is 12.4 Å². The summed E-state index contributed by atoms with van der Waals surface area (Å²) >= 11 is 0. The van der Waals surface area contributed by atoms with Gasteiger partial charge >= 0.3 is 11.9 Å². The van der Waals surface area contributed by atoms with Gasteiger partial charge in [-0.25, -0.2) is 9.59 Å². The molecule has 2 N–H and O–H groups in total. The van der Waals surface area contributed by atoms with E-state index in [1.807, 2.05) is 0 Å². The quantitative estimate of drug-likeness (QED) is 0.693. The molecule has 0 saturated carbocycles. The Bertz CT molecular complexity index is 810. The van der Waals surface area contributed by atoms with Crippen molar-refractivity contribution in [2.45, 2.75) is 30.7 Å². The van der Waals surface area contributed by atoms with Crippen LogP contribution in [0.15, 0.2) is 60.7 Å². The number of methoxy groups -OCH3 is 1. The third-order valence-electron chi connectivity index (χ3n) is 4.51. The number of carbonyl (C=O) groups excluding carboxylic acids is 2. The van der Waals surface area contributed by atoms with E-state index in [1.54, 1.807) is 60.7 Å². The summed E-state index contributed by atoms with van der Waals surface area (Å²) in [6.45, 7) is -0.315. The number of aliphatic hydroxyl groups is 2. The second-order valence-corrected chi connectivity index (χ2v) is 6.46. The second-order valence-electron chi connectivity index (χ2n) is 6.46. The van der Waals surface area contributed by atoms with Gasteiger partial charge in [0.05, 0.1) is 11.1 Å². The maximum absolute atomic E-state index is 12.4. The number of ether oxygens (including phenoxy) is 4. The summed E-state index contributed by atoms with van der Waals surface area (Å²) in [5.41, 5.74) is 0.605. The molecular formula is C21H22O8. The van der Waals surface area contributed by atoms with Crippen molar-refractivity contribution in [3.63, 3.8) is 0 Å². The number of aliphatic hydroxyl groups excluding tert-OH is 2. The standard InChI is InChI=1S/C21H22O8/c1-26-21-17(23)16(22)18(29-20(25)14-10-6-3-7-11-14)15(28-21)12-27-19(24)13-8-4-2-5-9-13/h2-11,15-18,21-23H,12H2,1H3/t15-,16-,17-,18+,21+/m1/s1. The lowest BCUT2D eigenvalue weighted by molar-refractivity contribution is -0.293. The van der Waals surface area contributed by atoms with Crippen molar-refractivity contribution in [3.05, 3.63) is 71.8 Å². The van der Waals surface area contributed by atoms with Crippen LogP contribution in [0.2, 0.25) is 0 Å². The molecule has 1 fully saturated rings. The van der Waals surface area contributed by atoms with E-state index >= 15 is 0 Å². The van der Waals surface area contributed by atoms with Crippen LogP contribution in [0.5, 0.6) is 0 Å². The molecule has 0 bridgehead atoms. The van der Waals surface area contributed by atoms with E-state index < -0.39 is 42.6 Å². The Kier molecular flexibility index (Phi) is 6.95. The van der Waals surface area contributed by atoms with Gasteiger partial charge in [-0.2, -0.15) is 0 Å². The van der Waals surface area contributed by atoms with Crippen LogP contribution < -0.4 is 0 Å². The van der Waals surface area contributed by atoms with Gasteiger partial charge in [-0.15, -0.1) is 0 Å². The average Bonchev–Trinajstić information content (AvgIpc) is 2.77. The van der Waals surface area contributed by atoms with E-state index in [4.69, 9.17) is 18.9 Å². The summed E-state index contributed by atoms with van der Waals surface area (Å²) in [6, 6.07) is 16.5. The number of benzene rings is 2. The van der Waals surface area contributed by atoms with E-state index in [2.05, 4.69) is 0 Å². The zero-order valence-corrected chi connectivity index (χ0v) is 15.7. The topological polar surface area (TPSA) is 112 Å². The molecule has 8 nitrogen and oxygen atoms in total. The molecule has 3 rings (SSSR count). The lowest BCUT2D eigenvalue weighted by Gasteiger charge is -2.41. The Morgan fingerprint density at radius 2 is 1.45 bits per heavy atom. The molecule has 0 amide bonds. The summed E-state index contributed by atoms with van der Waals surface area (Å²) in [5, 5.41) is 20.6. The summed E-state index contributed by atoms with van der Waals surface area (Å²) in [7, 11) is 1.30. The molecule has 0 aromatic heterocycles. The number of carbonyl (C=O) groups is 2. The Labute approximate surface area is 167 Å². The van der Waals surface area contributed by atoms with E-state index in [0.29, 0.717) is 5.56 Å². The van der Waals surface area contributed by atoms with Gasteiger partial charge in [-0.05, 0) is 24.3 Å².